The van der Waals surface area contributed by atoms with Crippen molar-refractivity contribution in [2.24, 2.45) is 0 Å². The Morgan fingerprint density at radius 3 is 2.11 bits per heavy atom. The first-order valence-corrected chi connectivity index (χ1v) is 6.13. The molecule has 1 aromatic rings. The first-order valence-electron chi connectivity index (χ1n) is 5.59. The van der Waals surface area contributed by atoms with E-state index in [1.54, 1.807) is 19.2 Å². The minimum absolute atomic E-state index is 0.0257. The summed E-state index contributed by atoms with van der Waals surface area (Å²) >= 11 is 5.34. The molecule has 0 spiro atoms. The summed E-state index contributed by atoms with van der Waals surface area (Å²) in [5, 5.41) is 0. The summed E-state index contributed by atoms with van der Waals surface area (Å²) in [5.41, 5.74) is 3.25. The van der Waals surface area contributed by atoms with Crippen LogP contribution < -0.4 is 4.74 Å². The Kier molecular flexibility index (Phi) is 4.00. The molecule has 18 heavy (non-hydrogen) atoms. The van der Waals surface area contributed by atoms with Gasteiger partial charge < -0.3 is 4.74 Å². The standard InChI is InChI=1S/C8H7ClO.C7H6O/c9-6-8(10)7-4-2-1-3-5-7;1-8-7-5-3-2-4-6(5)7/h1-5H,6H2;2-4H,1H3. The van der Waals surface area contributed by atoms with Crippen LogP contribution in [0.15, 0.2) is 48.5 Å². The van der Waals surface area contributed by atoms with Crippen molar-refractivity contribution in [3.63, 3.8) is 0 Å². The van der Waals surface area contributed by atoms with Crippen LogP contribution in [0, 0.1) is 0 Å². The van der Waals surface area contributed by atoms with Crippen molar-refractivity contribution in [3.05, 3.63) is 54.1 Å². The van der Waals surface area contributed by atoms with Crippen molar-refractivity contribution in [2.45, 2.75) is 0 Å². The van der Waals surface area contributed by atoms with E-state index in [1.165, 1.54) is 11.1 Å². The van der Waals surface area contributed by atoms with Crippen LogP contribution in [-0.2, 0) is 0 Å². The average molecular weight is 261 g/mol. The minimum Gasteiger partial charge on any atom is -0.495 e. The highest BCUT2D eigenvalue weighted by Crippen LogP contribution is 2.50. The third-order valence-electron chi connectivity index (χ3n) is 2.66. The van der Waals surface area contributed by atoms with Crippen molar-refractivity contribution >= 4 is 17.4 Å². The predicted octanol–water partition coefficient (Wildman–Crippen LogP) is 3.78. The van der Waals surface area contributed by atoms with Crippen molar-refractivity contribution < 1.29 is 9.53 Å². The number of ether oxygens (including phenoxy) is 1. The van der Waals surface area contributed by atoms with Gasteiger partial charge in [-0.2, -0.15) is 0 Å². The fourth-order valence-electron chi connectivity index (χ4n) is 1.69. The lowest BCUT2D eigenvalue weighted by Gasteiger charge is -1.92. The predicted molar refractivity (Wildman–Crippen MR) is 73.5 cm³/mol. The maximum absolute atomic E-state index is 10.9. The lowest BCUT2D eigenvalue weighted by Crippen LogP contribution is -1.98. The molecule has 0 aliphatic heterocycles. The van der Waals surface area contributed by atoms with Crippen molar-refractivity contribution in [1.29, 1.82) is 0 Å². The second-order valence-corrected chi connectivity index (χ2v) is 4.08. The van der Waals surface area contributed by atoms with E-state index in [4.69, 9.17) is 16.3 Å². The van der Waals surface area contributed by atoms with Crippen LogP contribution in [0.5, 0.6) is 5.75 Å². The van der Waals surface area contributed by atoms with Gasteiger partial charge in [0, 0.05) is 16.7 Å². The Hall–Kier alpha value is -1.80. The van der Waals surface area contributed by atoms with Crippen molar-refractivity contribution in [2.75, 3.05) is 13.0 Å². The van der Waals surface area contributed by atoms with Gasteiger partial charge in [-0.1, -0.05) is 48.5 Å². The van der Waals surface area contributed by atoms with Gasteiger partial charge in [-0.3, -0.25) is 4.79 Å². The Balaban J connectivity index is 0.000000136. The second kappa shape index (κ2) is 5.69. The summed E-state index contributed by atoms with van der Waals surface area (Å²) in [6.45, 7) is 0. The van der Waals surface area contributed by atoms with Crippen LogP contribution in [0.25, 0.3) is 11.1 Å². The summed E-state index contributed by atoms with van der Waals surface area (Å²) in [6.07, 6.45) is 0. The molecule has 2 nitrogen and oxygen atoms in total. The summed E-state index contributed by atoms with van der Waals surface area (Å²) < 4.78 is 4.99. The molecule has 92 valence electrons. The van der Waals surface area contributed by atoms with Crippen LogP contribution in [0.4, 0.5) is 0 Å². The van der Waals surface area contributed by atoms with E-state index in [0.29, 0.717) is 5.56 Å². The van der Waals surface area contributed by atoms with Crippen LogP contribution in [0.3, 0.4) is 0 Å². The average Bonchev–Trinajstić information content (AvgIpc) is 2.89. The van der Waals surface area contributed by atoms with Crippen molar-refractivity contribution in [1.82, 2.24) is 0 Å². The molecule has 0 saturated carbocycles. The Morgan fingerprint density at radius 1 is 1.06 bits per heavy atom. The first-order chi connectivity index (χ1) is 8.77. The Labute approximate surface area is 111 Å². The number of methoxy groups -OCH3 is 1. The SMILES string of the molecule is COc1c2cccc1-2.O=C(CCl)c1ccccc1. The largest absolute Gasteiger partial charge is 0.495 e. The number of benzene rings is 2. The zero-order valence-electron chi connectivity index (χ0n) is 10.0. The number of alkyl halides is 1. The highest BCUT2D eigenvalue weighted by atomic mass is 35.5. The van der Waals surface area contributed by atoms with Gasteiger partial charge in [-0.15, -0.1) is 11.6 Å². The molecule has 0 bridgehead atoms. The summed E-state index contributed by atoms with van der Waals surface area (Å²) in [5.74, 6) is 1.11. The van der Waals surface area contributed by atoms with Crippen LogP contribution >= 0.6 is 11.6 Å². The minimum atomic E-state index is -0.0257. The summed E-state index contributed by atoms with van der Waals surface area (Å²) in [7, 11) is 1.70. The fourth-order valence-corrected chi connectivity index (χ4v) is 1.85. The number of carbonyl (C=O) groups excluding carboxylic acids is 1. The van der Waals surface area contributed by atoms with E-state index in [9.17, 15) is 4.79 Å². The number of hydrogen-bond acceptors (Lipinski definition) is 2. The summed E-state index contributed by atoms with van der Waals surface area (Å²) in [6, 6.07) is 15.2. The zero-order valence-corrected chi connectivity index (χ0v) is 10.8. The quantitative estimate of drug-likeness (QED) is 0.529. The molecule has 0 heterocycles. The van der Waals surface area contributed by atoms with Crippen LogP contribution in [-0.4, -0.2) is 18.8 Å². The monoisotopic (exact) mass is 260 g/mol. The molecule has 2 aliphatic carbocycles. The van der Waals surface area contributed by atoms with Crippen molar-refractivity contribution in [3.8, 4) is 16.9 Å². The molecule has 0 N–H and O–H groups in total. The van der Waals surface area contributed by atoms with E-state index in [1.807, 2.05) is 24.3 Å². The smallest absolute Gasteiger partial charge is 0.177 e. The van der Waals surface area contributed by atoms with Gasteiger partial charge in [0.15, 0.2) is 5.78 Å². The van der Waals surface area contributed by atoms with Gasteiger partial charge in [0.25, 0.3) is 0 Å². The molecule has 1 aromatic carbocycles. The number of halogens is 1. The third-order valence-corrected chi connectivity index (χ3v) is 2.91. The highest BCUT2D eigenvalue weighted by molar-refractivity contribution is 6.30. The molecule has 3 rings (SSSR count). The third kappa shape index (κ3) is 2.71. The summed E-state index contributed by atoms with van der Waals surface area (Å²) in [4.78, 5) is 10.9. The number of para-hydroxylation sites is 1. The number of rotatable bonds is 3. The van der Waals surface area contributed by atoms with Crippen LogP contribution in [0.2, 0.25) is 0 Å². The molecule has 0 unspecified atom stereocenters. The number of hydrogen-bond donors (Lipinski definition) is 0. The van der Waals surface area contributed by atoms with Crippen LogP contribution in [0.1, 0.15) is 10.4 Å². The van der Waals surface area contributed by atoms with E-state index in [-0.39, 0.29) is 11.7 Å². The first kappa shape index (κ1) is 12.7. The molecule has 0 radical (unpaired) electrons. The molecular weight excluding hydrogens is 248 g/mol. The van der Waals surface area contributed by atoms with E-state index < -0.39 is 0 Å². The number of ketones is 1. The number of Topliss-reactive ketones (excluding diaryl/α,β-unsaturated/α-hetero) is 1. The van der Waals surface area contributed by atoms with Gasteiger partial charge >= 0.3 is 0 Å². The van der Waals surface area contributed by atoms with Gasteiger partial charge in [0.05, 0.1) is 13.0 Å². The van der Waals surface area contributed by atoms with E-state index in [0.717, 1.165) is 5.75 Å². The second-order valence-electron chi connectivity index (χ2n) is 3.81. The maximum Gasteiger partial charge on any atom is 0.177 e. The van der Waals surface area contributed by atoms with E-state index in [2.05, 4.69) is 12.1 Å². The Morgan fingerprint density at radius 2 is 1.67 bits per heavy atom. The molecule has 0 aromatic heterocycles. The van der Waals surface area contributed by atoms with Gasteiger partial charge in [0.1, 0.15) is 5.75 Å². The normalized spacial score (nSPS) is 10.1. The van der Waals surface area contributed by atoms with Gasteiger partial charge in [0.2, 0.25) is 0 Å². The van der Waals surface area contributed by atoms with Gasteiger partial charge in [-0.05, 0) is 0 Å². The number of carbonyl (C=O) groups is 1. The fraction of sp³-hybridized carbons (Fsp3) is 0.133. The highest BCUT2D eigenvalue weighted by Gasteiger charge is 2.23. The lowest BCUT2D eigenvalue weighted by atomic mass is 10.2. The molecule has 0 amide bonds. The zero-order chi connectivity index (χ0) is 13.0. The molecule has 0 atom stereocenters. The topological polar surface area (TPSA) is 26.3 Å². The molecule has 2 aliphatic rings. The molecular formula is C15H13ClO2. The Bertz CT molecular complexity index is 529. The lowest BCUT2D eigenvalue weighted by molar-refractivity contribution is 0.102. The molecule has 3 heteroatoms. The maximum atomic E-state index is 10.9. The molecule has 0 saturated heterocycles. The van der Waals surface area contributed by atoms with E-state index >= 15 is 0 Å². The number of fused-ring (bicyclic) bond motifs is 1. The molecule has 0 fully saturated rings. The van der Waals surface area contributed by atoms with Gasteiger partial charge in [-0.25, -0.2) is 0 Å².